The Bertz CT molecular complexity index is 2690. The van der Waals surface area contributed by atoms with Crippen molar-refractivity contribution in [2.75, 3.05) is 0 Å². The minimum Gasteiger partial charge on any atom is -0.208 e. The Kier molecular flexibility index (Phi) is 7.15. The van der Waals surface area contributed by atoms with Crippen molar-refractivity contribution < 1.29 is 0 Å². The summed E-state index contributed by atoms with van der Waals surface area (Å²) in [6.45, 7) is 0. The summed E-state index contributed by atoms with van der Waals surface area (Å²) < 4.78 is 0. The summed E-state index contributed by atoms with van der Waals surface area (Å²) in [6.07, 6.45) is 0. The molecular weight excluding hydrogens is 609 g/mol. The summed E-state index contributed by atoms with van der Waals surface area (Å²) in [7, 11) is 0. The van der Waals surface area contributed by atoms with Crippen LogP contribution >= 0.6 is 0 Å². The van der Waals surface area contributed by atoms with Gasteiger partial charge < -0.3 is 0 Å². The molecular formula is C46H28N4. The second-order valence-electron chi connectivity index (χ2n) is 12.3. The molecule has 0 atom stereocenters. The number of rotatable bonds is 5. The van der Waals surface area contributed by atoms with Gasteiger partial charge in [0.05, 0.1) is 11.6 Å². The van der Waals surface area contributed by atoms with Gasteiger partial charge in [-0.25, -0.2) is 15.0 Å². The molecule has 9 aromatic rings. The number of nitrogens with zero attached hydrogens (tertiary/aromatic N) is 4. The summed E-state index contributed by atoms with van der Waals surface area (Å²) in [5.41, 5.74) is 7.93. The highest BCUT2D eigenvalue weighted by Gasteiger charge is 2.17. The topological polar surface area (TPSA) is 62.5 Å². The fraction of sp³-hybridized carbons (Fsp3) is 0. The second kappa shape index (κ2) is 12.2. The van der Waals surface area contributed by atoms with Crippen molar-refractivity contribution in [2.24, 2.45) is 0 Å². The van der Waals surface area contributed by atoms with Gasteiger partial charge in [0.1, 0.15) is 0 Å². The van der Waals surface area contributed by atoms with Crippen molar-refractivity contribution in [1.29, 1.82) is 5.26 Å². The van der Waals surface area contributed by atoms with E-state index in [0.717, 1.165) is 38.9 Å². The Morgan fingerprint density at radius 1 is 0.320 bits per heavy atom. The number of fused-ring (bicyclic) bond motifs is 5. The van der Waals surface area contributed by atoms with Crippen molar-refractivity contribution in [2.45, 2.75) is 0 Å². The van der Waals surface area contributed by atoms with Gasteiger partial charge in [-0.3, -0.25) is 0 Å². The van der Waals surface area contributed by atoms with Gasteiger partial charge in [0.25, 0.3) is 0 Å². The lowest BCUT2D eigenvalue weighted by Gasteiger charge is -2.16. The average molecular weight is 637 g/mol. The van der Waals surface area contributed by atoms with Crippen molar-refractivity contribution >= 4 is 32.3 Å². The predicted molar refractivity (Wildman–Crippen MR) is 204 cm³/mol. The molecule has 50 heavy (non-hydrogen) atoms. The molecule has 0 fully saturated rings. The Balaban J connectivity index is 1.25. The van der Waals surface area contributed by atoms with E-state index in [2.05, 4.69) is 91.0 Å². The van der Waals surface area contributed by atoms with Crippen LogP contribution in [0.1, 0.15) is 5.56 Å². The predicted octanol–water partition coefficient (Wildman–Crippen LogP) is 11.5. The maximum atomic E-state index is 9.39. The molecule has 4 heteroatoms. The number of aromatic nitrogens is 3. The highest BCUT2D eigenvalue weighted by atomic mass is 15.0. The average Bonchev–Trinajstić information content (AvgIpc) is 3.21. The molecule has 9 rings (SSSR count). The molecule has 0 aliphatic rings. The molecule has 0 saturated heterocycles. The van der Waals surface area contributed by atoms with E-state index in [9.17, 15) is 5.26 Å². The van der Waals surface area contributed by atoms with E-state index in [-0.39, 0.29) is 0 Å². The van der Waals surface area contributed by atoms with Gasteiger partial charge in [0.15, 0.2) is 17.5 Å². The fourth-order valence-corrected chi connectivity index (χ4v) is 6.92. The molecule has 0 N–H and O–H groups in total. The zero-order valence-electron chi connectivity index (χ0n) is 27.0. The summed E-state index contributed by atoms with van der Waals surface area (Å²) in [5, 5.41) is 16.5. The molecule has 0 aliphatic carbocycles. The van der Waals surface area contributed by atoms with Gasteiger partial charge in [0.2, 0.25) is 0 Å². The summed E-state index contributed by atoms with van der Waals surface area (Å²) in [4.78, 5) is 14.9. The first kappa shape index (κ1) is 29.2. The summed E-state index contributed by atoms with van der Waals surface area (Å²) in [5.74, 6) is 1.91. The number of hydrogen-bond acceptors (Lipinski definition) is 4. The third-order valence-electron chi connectivity index (χ3n) is 9.34. The first-order valence-electron chi connectivity index (χ1n) is 16.6. The van der Waals surface area contributed by atoms with E-state index >= 15 is 0 Å². The molecule has 0 bridgehead atoms. The lowest BCUT2D eigenvalue weighted by molar-refractivity contribution is 1.07. The molecule has 0 saturated carbocycles. The lowest BCUT2D eigenvalue weighted by atomic mass is 9.87. The monoisotopic (exact) mass is 636 g/mol. The molecule has 0 amide bonds. The molecule has 4 nitrogen and oxygen atoms in total. The van der Waals surface area contributed by atoms with Gasteiger partial charge in [-0.2, -0.15) is 5.26 Å². The van der Waals surface area contributed by atoms with Crippen molar-refractivity contribution in [3.63, 3.8) is 0 Å². The zero-order valence-corrected chi connectivity index (χ0v) is 27.0. The first-order valence-corrected chi connectivity index (χ1v) is 16.6. The molecule has 8 aromatic carbocycles. The molecule has 1 heterocycles. The normalized spacial score (nSPS) is 11.2. The van der Waals surface area contributed by atoms with Crippen LogP contribution in [-0.4, -0.2) is 15.0 Å². The minimum absolute atomic E-state index is 0.627. The van der Waals surface area contributed by atoms with Crippen LogP contribution in [0.5, 0.6) is 0 Å². The van der Waals surface area contributed by atoms with Crippen LogP contribution in [0.4, 0.5) is 0 Å². The third-order valence-corrected chi connectivity index (χ3v) is 9.34. The number of nitriles is 1. The van der Waals surface area contributed by atoms with Crippen molar-refractivity contribution in [3.8, 4) is 62.5 Å². The fourth-order valence-electron chi connectivity index (χ4n) is 6.92. The maximum Gasteiger partial charge on any atom is 0.164 e. The van der Waals surface area contributed by atoms with Gasteiger partial charge in [-0.1, -0.05) is 140 Å². The quantitative estimate of drug-likeness (QED) is 0.176. The first-order chi connectivity index (χ1) is 24.7. The number of hydrogen-bond donors (Lipinski definition) is 0. The van der Waals surface area contributed by atoms with Crippen LogP contribution in [0.25, 0.3) is 88.7 Å². The highest BCUT2D eigenvalue weighted by Crippen LogP contribution is 2.42. The van der Waals surface area contributed by atoms with Crippen LogP contribution < -0.4 is 0 Å². The van der Waals surface area contributed by atoms with E-state index in [4.69, 9.17) is 15.0 Å². The Hall–Kier alpha value is -6.96. The van der Waals surface area contributed by atoms with E-state index in [1.807, 2.05) is 84.9 Å². The van der Waals surface area contributed by atoms with Gasteiger partial charge in [-0.05, 0) is 84.9 Å². The molecule has 0 unspecified atom stereocenters. The van der Waals surface area contributed by atoms with Gasteiger partial charge >= 0.3 is 0 Å². The van der Waals surface area contributed by atoms with Crippen LogP contribution in [0.3, 0.4) is 0 Å². The third kappa shape index (κ3) is 5.15. The van der Waals surface area contributed by atoms with Gasteiger partial charge in [-0.15, -0.1) is 0 Å². The standard InChI is InChI=1S/C46H28N4/c47-29-30-22-24-31(25-23-30)40-27-42-39-21-10-8-19-37(39)41(28-43(42)38-20-9-7-18-36(38)40)34-16-11-17-35(26-34)46-49-44(32-12-3-1-4-13-32)48-45(50-46)33-14-5-2-6-15-33/h1-28H. The Morgan fingerprint density at radius 3 is 1.26 bits per heavy atom. The van der Waals surface area contributed by atoms with Crippen LogP contribution in [0.15, 0.2) is 170 Å². The summed E-state index contributed by atoms with van der Waals surface area (Å²) >= 11 is 0. The minimum atomic E-state index is 0.627. The number of benzene rings is 8. The summed E-state index contributed by atoms with van der Waals surface area (Å²) in [6, 6.07) is 60.6. The molecule has 232 valence electrons. The van der Waals surface area contributed by atoms with Crippen molar-refractivity contribution in [1.82, 2.24) is 15.0 Å². The lowest BCUT2D eigenvalue weighted by Crippen LogP contribution is -2.00. The van der Waals surface area contributed by atoms with E-state index in [1.54, 1.807) is 0 Å². The van der Waals surface area contributed by atoms with E-state index < -0.39 is 0 Å². The van der Waals surface area contributed by atoms with E-state index in [1.165, 1.54) is 32.3 Å². The molecule has 0 radical (unpaired) electrons. The molecule has 0 aliphatic heterocycles. The molecule has 0 spiro atoms. The van der Waals surface area contributed by atoms with Crippen molar-refractivity contribution in [3.05, 3.63) is 175 Å². The van der Waals surface area contributed by atoms with E-state index in [0.29, 0.717) is 23.0 Å². The zero-order chi connectivity index (χ0) is 33.4. The molecule has 1 aromatic heterocycles. The smallest absolute Gasteiger partial charge is 0.164 e. The Morgan fingerprint density at radius 2 is 0.740 bits per heavy atom. The van der Waals surface area contributed by atoms with Gasteiger partial charge in [0, 0.05) is 16.7 Å². The second-order valence-corrected chi connectivity index (χ2v) is 12.3. The largest absolute Gasteiger partial charge is 0.208 e. The van der Waals surface area contributed by atoms with Crippen LogP contribution in [-0.2, 0) is 0 Å². The van der Waals surface area contributed by atoms with Crippen LogP contribution in [0, 0.1) is 11.3 Å². The SMILES string of the molecule is N#Cc1ccc(-c2cc3c4ccccc4c(-c4cccc(-c5nc(-c6ccccc6)nc(-c6ccccc6)n5)c4)cc3c3ccccc23)cc1. The van der Waals surface area contributed by atoms with Crippen LogP contribution in [0.2, 0.25) is 0 Å². The Labute approximate surface area is 289 Å². The maximum absolute atomic E-state index is 9.39. The highest BCUT2D eigenvalue weighted by molar-refractivity contribution is 6.23.